The third kappa shape index (κ3) is 2.27. The summed E-state index contributed by atoms with van der Waals surface area (Å²) < 4.78 is 0.405. The fourth-order valence-corrected chi connectivity index (χ4v) is 10.7. The molecule has 0 N–H and O–H groups in total. The van der Waals surface area contributed by atoms with Gasteiger partial charge in [-0.25, -0.2) is 0 Å². The molecule has 1 heterocycles. The number of fused-ring (bicyclic) bond motifs is 5. The van der Waals surface area contributed by atoms with Crippen LogP contribution in [0.15, 0.2) is 11.6 Å². The summed E-state index contributed by atoms with van der Waals surface area (Å²) in [7, 11) is 0. The van der Waals surface area contributed by atoms with Crippen LogP contribution in [0.25, 0.3) is 0 Å². The highest BCUT2D eigenvalue weighted by molar-refractivity contribution is 8.21. The van der Waals surface area contributed by atoms with Gasteiger partial charge in [0.15, 0.2) is 0 Å². The summed E-state index contributed by atoms with van der Waals surface area (Å²) in [6.07, 6.45) is 11.3. The molecule has 3 heteroatoms. The first kappa shape index (κ1) is 17.2. The second-order valence-corrected chi connectivity index (χ2v) is 13.1. The Morgan fingerprint density at radius 3 is 2.48 bits per heavy atom. The molecule has 5 aliphatic rings. The van der Waals surface area contributed by atoms with Crippen LogP contribution < -0.4 is 0 Å². The third-order valence-electron chi connectivity index (χ3n) is 8.92. The first-order valence-electron chi connectivity index (χ1n) is 10.4. The van der Waals surface area contributed by atoms with Gasteiger partial charge in [0.1, 0.15) is 5.78 Å². The van der Waals surface area contributed by atoms with Gasteiger partial charge in [0.05, 0.1) is 4.08 Å². The number of carbonyl (C=O) groups is 1. The molecular formula is C22H32OS2. The van der Waals surface area contributed by atoms with Crippen LogP contribution in [-0.2, 0) is 4.79 Å². The molecule has 25 heavy (non-hydrogen) atoms. The fourth-order valence-electron chi connectivity index (χ4n) is 7.57. The van der Waals surface area contributed by atoms with Crippen molar-refractivity contribution >= 4 is 29.3 Å². The Bertz CT molecular complexity index is 634. The maximum absolute atomic E-state index is 12.6. The van der Waals surface area contributed by atoms with E-state index in [-0.39, 0.29) is 5.41 Å². The highest BCUT2D eigenvalue weighted by Gasteiger charge is 2.60. The molecule has 6 atom stereocenters. The number of rotatable bonds is 0. The van der Waals surface area contributed by atoms with Crippen molar-refractivity contribution in [2.45, 2.75) is 69.8 Å². The van der Waals surface area contributed by atoms with Gasteiger partial charge in [-0.2, -0.15) is 0 Å². The molecule has 0 amide bonds. The van der Waals surface area contributed by atoms with Gasteiger partial charge in [-0.1, -0.05) is 32.4 Å². The minimum atomic E-state index is 0.0194. The molecule has 0 unspecified atom stereocenters. The SMILES string of the molecule is C[C@H]1C[C@@H]2[C@H](CC[C@]3(C)C(=O)CC[C@@H]23)[C@@]2(C)CCC3(C=C12)SCCS3. The molecule has 138 valence electrons. The number of Topliss-reactive ketones (excluding diaryl/α,β-unsaturated/α-hetero) is 1. The maximum atomic E-state index is 12.6. The van der Waals surface area contributed by atoms with Gasteiger partial charge < -0.3 is 0 Å². The summed E-state index contributed by atoms with van der Waals surface area (Å²) in [5, 5.41) is 0. The average molecular weight is 377 g/mol. The Balaban J connectivity index is 1.52. The van der Waals surface area contributed by atoms with E-state index in [1.807, 2.05) is 0 Å². The molecule has 1 nitrogen and oxygen atoms in total. The topological polar surface area (TPSA) is 17.1 Å². The average Bonchev–Trinajstić information content (AvgIpc) is 3.15. The van der Waals surface area contributed by atoms with Crippen molar-refractivity contribution in [3.05, 3.63) is 11.6 Å². The predicted molar refractivity (Wildman–Crippen MR) is 109 cm³/mol. The number of ketones is 1. The molecule has 1 spiro atoms. The lowest BCUT2D eigenvalue weighted by molar-refractivity contribution is -0.133. The van der Waals surface area contributed by atoms with Crippen molar-refractivity contribution in [2.75, 3.05) is 11.5 Å². The Morgan fingerprint density at radius 1 is 1.00 bits per heavy atom. The smallest absolute Gasteiger partial charge is 0.139 e. The van der Waals surface area contributed by atoms with Gasteiger partial charge in [0, 0.05) is 23.3 Å². The van der Waals surface area contributed by atoms with Gasteiger partial charge in [-0.3, -0.25) is 4.79 Å². The monoisotopic (exact) mass is 376 g/mol. The van der Waals surface area contributed by atoms with Crippen LogP contribution in [0.2, 0.25) is 0 Å². The third-order valence-corrected chi connectivity index (χ3v) is 12.3. The summed E-state index contributed by atoms with van der Waals surface area (Å²) in [4.78, 5) is 12.6. The standard InChI is InChI=1S/C22H32OS2/c1-14-12-15-16-4-5-19(23)21(16,3)7-6-17(15)20(2)8-9-22(13-18(14)20)24-10-11-25-22/h13-17H,4-12H2,1-3H3/t14-,15-,16-,17-,20+,21-/m0/s1. The Hall–Kier alpha value is 0.110. The number of thioether (sulfide) groups is 2. The van der Waals surface area contributed by atoms with E-state index in [0.29, 0.717) is 27.1 Å². The quantitative estimate of drug-likeness (QED) is 0.487. The summed E-state index contributed by atoms with van der Waals surface area (Å²) >= 11 is 4.42. The van der Waals surface area contributed by atoms with E-state index < -0.39 is 0 Å². The van der Waals surface area contributed by atoms with Crippen molar-refractivity contribution in [3.8, 4) is 0 Å². The predicted octanol–water partition coefficient (Wildman–Crippen LogP) is 5.94. The lowest BCUT2D eigenvalue weighted by Gasteiger charge is -2.60. The number of carbonyl (C=O) groups excluding carboxylic acids is 1. The van der Waals surface area contributed by atoms with Crippen molar-refractivity contribution in [1.82, 2.24) is 0 Å². The molecule has 0 aromatic heterocycles. The molecule has 0 aromatic rings. The normalized spacial score (nSPS) is 51.0. The largest absolute Gasteiger partial charge is 0.299 e. The minimum Gasteiger partial charge on any atom is -0.299 e. The number of allylic oxidation sites excluding steroid dienone is 1. The molecule has 1 aliphatic heterocycles. The second kappa shape index (κ2) is 5.56. The van der Waals surface area contributed by atoms with Crippen LogP contribution in [0, 0.1) is 34.5 Å². The zero-order valence-electron chi connectivity index (χ0n) is 16.0. The van der Waals surface area contributed by atoms with E-state index in [2.05, 4.69) is 50.4 Å². The van der Waals surface area contributed by atoms with Crippen LogP contribution in [0.5, 0.6) is 0 Å². The molecular weight excluding hydrogens is 344 g/mol. The molecule has 4 fully saturated rings. The molecule has 3 saturated carbocycles. The van der Waals surface area contributed by atoms with Crippen molar-refractivity contribution in [3.63, 3.8) is 0 Å². The van der Waals surface area contributed by atoms with Gasteiger partial charge in [0.2, 0.25) is 0 Å². The number of hydrogen-bond donors (Lipinski definition) is 0. The van der Waals surface area contributed by atoms with E-state index in [9.17, 15) is 4.79 Å². The van der Waals surface area contributed by atoms with E-state index >= 15 is 0 Å². The van der Waals surface area contributed by atoms with Crippen molar-refractivity contribution < 1.29 is 4.79 Å². The summed E-state index contributed by atoms with van der Waals surface area (Å²) in [5.74, 6) is 6.24. The van der Waals surface area contributed by atoms with Crippen LogP contribution in [0.3, 0.4) is 0 Å². The lowest BCUT2D eigenvalue weighted by atomic mass is 9.46. The van der Waals surface area contributed by atoms with Crippen LogP contribution in [0.1, 0.15) is 65.7 Å². The van der Waals surface area contributed by atoms with E-state index in [0.717, 1.165) is 24.7 Å². The minimum absolute atomic E-state index is 0.0194. The summed E-state index contributed by atoms with van der Waals surface area (Å²) in [6.45, 7) is 7.40. The van der Waals surface area contributed by atoms with Gasteiger partial charge >= 0.3 is 0 Å². The van der Waals surface area contributed by atoms with E-state index in [1.165, 1.54) is 43.6 Å². The molecule has 4 aliphatic carbocycles. The summed E-state index contributed by atoms with van der Waals surface area (Å²) in [6, 6.07) is 0. The fraction of sp³-hybridized carbons (Fsp3) is 0.864. The van der Waals surface area contributed by atoms with Crippen LogP contribution >= 0.6 is 23.5 Å². The van der Waals surface area contributed by atoms with Gasteiger partial charge in [-0.05, 0) is 67.6 Å². The Kier molecular flexibility index (Phi) is 3.83. The Labute approximate surface area is 161 Å². The lowest BCUT2D eigenvalue weighted by Crippen LogP contribution is -2.53. The Morgan fingerprint density at radius 2 is 1.72 bits per heavy atom. The zero-order valence-corrected chi connectivity index (χ0v) is 17.6. The molecule has 0 bridgehead atoms. The van der Waals surface area contributed by atoms with E-state index in [4.69, 9.17) is 0 Å². The maximum Gasteiger partial charge on any atom is 0.139 e. The molecule has 1 saturated heterocycles. The number of hydrogen-bond acceptors (Lipinski definition) is 3. The highest BCUT2D eigenvalue weighted by atomic mass is 32.2. The first-order chi connectivity index (χ1) is 11.9. The van der Waals surface area contributed by atoms with Crippen LogP contribution in [0.4, 0.5) is 0 Å². The summed E-state index contributed by atoms with van der Waals surface area (Å²) in [5.41, 5.74) is 2.23. The zero-order chi connectivity index (χ0) is 17.4. The van der Waals surface area contributed by atoms with Gasteiger partial charge in [-0.15, -0.1) is 23.5 Å². The highest BCUT2D eigenvalue weighted by Crippen LogP contribution is 2.68. The molecule has 0 radical (unpaired) electrons. The second-order valence-electron chi connectivity index (χ2n) is 9.96. The first-order valence-corrected chi connectivity index (χ1v) is 12.4. The van der Waals surface area contributed by atoms with Crippen molar-refractivity contribution in [1.29, 1.82) is 0 Å². The van der Waals surface area contributed by atoms with Crippen molar-refractivity contribution in [2.24, 2.45) is 34.5 Å². The van der Waals surface area contributed by atoms with E-state index in [1.54, 1.807) is 5.57 Å². The molecule has 5 rings (SSSR count). The molecule has 0 aromatic carbocycles. The van der Waals surface area contributed by atoms with Crippen LogP contribution in [-0.4, -0.2) is 21.4 Å². The van der Waals surface area contributed by atoms with Gasteiger partial charge in [0.25, 0.3) is 0 Å².